The van der Waals surface area contributed by atoms with E-state index in [2.05, 4.69) is 17.6 Å². The lowest BCUT2D eigenvalue weighted by molar-refractivity contribution is -0.115. The molecule has 0 radical (unpaired) electrons. The van der Waals surface area contributed by atoms with Crippen LogP contribution in [0.5, 0.6) is 0 Å². The highest BCUT2D eigenvalue weighted by atomic mass is 16.2. The number of carbonyl (C=O) groups excluding carboxylic acids is 2. The van der Waals surface area contributed by atoms with E-state index in [9.17, 15) is 9.59 Å². The van der Waals surface area contributed by atoms with Gasteiger partial charge in [-0.25, -0.2) is 0 Å². The molecule has 0 spiro atoms. The number of hydrogen-bond donors (Lipinski definition) is 2. The molecule has 2 N–H and O–H groups in total. The van der Waals surface area contributed by atoms with Gasteiger partial charge in [0.25, 0.3) is 5.91 Å². The van der Waals surface area contributed by atoms with Crippen LogP contribution in [-0.4, -0.2) is 17.9 Å². The first-order valence-corrected chi connectivity index (χ1v) is 7.35. The van der Waals surface area contributed by atoms with E-state index in [-0.39, 0.29) is 17.9 Å². The van der Waals surface area contributed by atoms with Crippen molar-refractivity contribution < 1.29 is 9.59 Å². The quantitative estimate of drug-likeness (QED) is 0.869. The maximum absolute atomic E-state index is 12.3. The molecule has 2 amide bonds. The third-order valence-corrected chi connectivity index (χ3v) is 4.27. The molecule has 106 valence electrons. The predicted molar refractivity (Wildman–Crippen MR) is 77.7 cm³/mol. The van der Waals surface area contributed by atoms with Gasteiger partial charge in [0.05, 0.1) is 6.42 Å². The van der Waals surface area contributed by atoms with Crippen LogP contribution in [0.4, 0.5) is 5.69 Å². The molecule has 1 fully saturated rings. The molecule has 1 aliphatic carbocycles. The van der Waals surface area contributed by atoms with E-state index in [0.717, 1.165) is 24.1 Å². The van der Waals surface area contributed by atoms with Gasteiger partial charge in [0.2, 0.25) is 5.91 Å². The zero-order valence-electron chi connectivity index (χ0n) is 11.7. The van der Waals surface area contributed by atoms with Gasteiger partial charge in [-0.05, 0) is 36.5 Å². The molecule has 0 saturated heterocycles. The van der Waals surface area contributed by atoms with Crippen LogP contribution in [0.15, 0.2) is 18.2 Å². The monoisotopic (exact) mass is 272 g/mol. The fourth-order valence-electron chi connectivity index (χ4n) is 3.19. The smallest absolute Gasteiger partial charge is 0.251 e. The normalized spacial score (nSPS) is 24.9. The van der Waals surface area contributed by atoms with Crippen LogP contribution in [0.2, 0.25) is 0 Å². The number of anilines is 1. The van der Waals surface area contributed by atoms with Crippen molar-refractivity contribution >= 4 is 17.5 Å². The maximum atomic E-state index is 12.3. The molecule has 20 heavy (non-hydrogen) atoms. The second-order valence-corrected chi connectivity index (χ2v) is 6.04. The number of hydrogen-bond acceptors (Lipinski definition) is 2. The Labute approximate surface area is 118 Å². The first-order valence-electron chi connectivity index (χ1n) is 7.35. The molecule has 1 aliphatic heterocycles. The van der Waals surface area contributed by atoms with Crippen LogP contribution in [0.1, 0.15) is 48.5 Å². The summed E-state index contributed by atoms with van der Waals surface area (Å²) in [6, 6.07) is 5.74. The molecular weight excluding hydrogens is 252 g/mol. The van der Waals surface area contributed by atoms with Crippen LogP contribution >= 0.6 is 0 Å². The Bertz CT molecular complexity index is 553. The molecule has 0 bridgehead atoms. The Morgan fingerprint density at radius 2 is 2.20 bits per heavy atom. The zero-order valence-corrected chi connectivity index (χ0v) is 11.7. The Kier molecular flexibility index (Phi) is 3.47. The summed E-state index contributed by atoms with van der Waals surface area (Å²) in [6.45, 7) is 2.24. The highest BCUT2D eigenvalue weighted by molar-refractivity contribution is 6.02. The Morgan fingerprint density at radius 3 is 3.00 bits per heavy atom. The first-order chi connectivity index (χ1) is 9.61. The first kappa shape index (κ1) is 13.2. The molecule has 4 heteroatoms. The third kappa shape index (κ3) is 2.69. The molecule has 1 aromatic carbocycles. The highest BCUT2D eigenvalue weighted by Gasteiger charge is 2.22. The molecule has 1 heterocycles. The molecule has 1 aromatic rings. The van der Waals surface area contributed by atoms with E-state index in [0.29, 0.717) is 17.9 Å². The fraction of sp³-hybridized carbons (Fsp3) is 0.500. The summed E-state index contributed by atoms with van der Waals surface area (Å²) in [6.07, 6.45) is 4.99. The van der Waals surface area contributed by atoms with Crippen LogP contribution in [0.25, 0.3) is 0 Å². The van der Waals surface area contributed by atoms with Crippen molar-refractivity contribution in [1.82, 2.24) is 5.32 Å². The van der Waals surface area contributed by atoms with E-state index >= 15 is 0 Å². The molecular formula is C16H20N2O2. The summed E-state index contributed by atoms with van der Waals surface area (Å²) >= 11 is 0. The van der Waals surface area contributed by atoms with Gasteiger partial charge in [-0.3, -0.25) is 9.59 Å². The zero-order chi connectivity index (χ0) is 14.1. The summed E-state index contributed by atoms with van der Waals surface area (Å²) in [5, 5.41) is 5.90. The van der Waals surface area contributed by atoms with Crippen molar-refractivity contribution in [2.45, 2.75) is 45.1 Å². The van der Waals surface area contributed by atoms with Gasteiger partial charge in [0, 0.05) is 17.3 Å². The van der Waals surface area contributed by atoms with E-state index in [1.54, 1.807) is 12.1 Å². The summed E-state index contributed by atoms with van der Waals surface area (Å²) < 4.78 is 0. The minimum Gasteiger partial charge on any atom is -0.349 e. The van der Waals surface area contributed by atoms with Gasteiger partial charge in [-0.1, -0.05) is 25.8 Å². The third-order valence-electron chi connectivity index (χ3n) is 4.27. The van der Waals surface area contributed by atoms with Gasteiger partial charge in [-0.2, -0.15) is 0 Å². The minimum absolute atomic E-state index is 0.00124. The topological polar surface area (TPSA) is 58.2 Å². The van der Waals surface area contributed by atoms with Gasteiger partial charge in [0.1, 0.15) is 0 Å². The van der Waals surface area contributed by atoms with Crippen molar-refractivity contribution in [3.05, 3.63) is 29.3 Å². The van der Waals surface area contributed by atoms with Crippen LogP contribution < -0.4 is 10.6 Å². The largest absolute Gasteiger partial charge is 0.349 e. The van der Waals surface area contributed by atoms with Crippen molar-refractivity contribution in [2.75, 3.05) is 5.32 Å². The van der Waals surface area contributed by atoms with E-state index in [1.165, 1.54) is 12.8 Å². The average molecular weight is 272 g/mol. The fourth-order valence-corrected chi connectivity index (χ4v) is 3.19. The van der Waals surface area contributed by atoms with Gasteiger partial charge in [0.15, 0.2) is 0 Å². The summed E-state index contributed by atoms with van der Waals surface area (Å²) in [5.41, 5.74) is 2.38. The molecule has 2 unspecified atom stereocenters. The Balaban J connectivity index is 1.68. The molecule has 0 aromatic heterocycles. The van der Waals surface area contributed by atoms with Crippen molar-refractivity contribution in [1.29, 1.82) is 0 Å². The lowest BCUT2D eigenvalue weighted by Gasteiger charge is -2.27. The van der Waals surface area contributed by atoms with Crippen molar-refractivity contribution in [3.8, 4) is 0 Å². The van der Waals surface area contributed by atoms with E-state index in [4.69, 9.17) is 0 Å². The predicted octanol–water partition coefficient (Wildman–Crippen LogP) is 2.49. The van der Waals surface area contributed by atoms with E-state index in [1.807, 2.05) is 6.07 Å². The standard InChI is InChI=1S/C16H20N2O2/c1-10-3-2-4-13(7-10)17-16(20)12-6-5-11-9-15(19)18-14(11)8-12/h5-6,8,10,13H,2-4,7,9H2,1H3,(H,17,20)(H,18,19). The lowest BCUT2D eigenvalue weighted by atomic mass is 9.87. The van der Waals surface area contributed by atoms with Gasteiger partial charge >= 0.3 is 0 Å². The molecule has 2 atom stereocenters. The summed E-state index contributed by atoms with van der Waals surface area (Å²) in [7, 11) is 0. The minimum atomic E-state index is -0.0342. The van der Waals surface area contributed by atoms with Crippen molar-refractivity contribution in [2.24, 2.45) is 5.92 Å². The molecule has 2 aliphatic rings. The highest BCUT2D eigenvalue weighted by Crippen LogP contribution is 2.26. The number of fused-ring (bicyclic) bond motifs is 1. The van der Waals surface area contributed by atoms with Crippen LogP contribution in [0, 0.1) is 5.92 Å². The Hall–Kier alpha value is -1.84. The number of carbonyl (C=O) groups is 2. The van der Waals surface area contributed by atoms with Gasteiger partial charge in [-0.15, -0.1) is 0 Å². The summed E-state index contributed by atoms with van der Waals surface area (Å²) in [4.78, 5) is 23.6. The molecule has 4 nitrogen and oxygen atoms in total. The average Bonchev–Trinajstić information content (AvgIpc) is 2.77. The number of benzene rings is 1. The van der Waals surface area contributed by atoms with Crippen molar-refractivity contribution in [3.63, 3.8) is 0 Å². The number of amides is 2. The SMILES string of the molecule is CC1CCCC(NC(=O)c2ccc3c(c2)NC(=O)C3)C1. The maximum Gasteiger partial charge on any atom is 0.251 e. The van der Waals surface area contributed by atoms with Crippen LogP contribution in [0.3, 0.4) is 0 Å². The van der Waals surface area contributed by atoms with Crippen LogP contribution in [-0.2, 0) is 11.2 Å². The van der Waals surface area contributed by atoms with Gasteiger partial charge < -0.3 is 10.6 Å². The second-order valence-electron chi connectivity index (χ2n) is 6.04. The lowest BCUT2D eigenvalue weighted by Crippen LogP contribution is -2.37. The Morgan fingerprint density at radius 1 is 1.35 bits per heavy atom. The molecule has 1 saturated carbocycles. The molecule has 3 rings (SSSR count). The number of rotatable bonds is 2. The second kappa shape index (κ2) is 5.27. The van der Waals surface area contributed by atoms with E-state index < -0.39 is 0 Å². The number of nitrogens with one attached hydrogen (secondary N) is 2. The summed E-state index contributed by atoms with van der Waals surface area (Å²) in [5.74, 6) is 0.653.